The smallest absolute Gasteiger partial charge is 0.347 e. The third-order valence-corrected chi connectivity index (χ3v) is 4.90. The lowest BCUT2D eigenvalue weighted by Gasteiger charge is -2.24. The van der Waals surface area contributed by atoms with Crippen molar-refractivity contribution in [2.75, 3.05) is 13.1 Å². The molecule has 2 aromatic rings. The van der Waals surface area contributed by atoms with Gasteiger partial charge in [0.25, 0.3) is 0 Å². The number of benzene rings is 1. The maximum Gasteiger partial charge on any atom is 0.416 e. The minimum absolute atomic E-state index is 0.0446. The van der Waals surface area contributed by atoms with Gasteiger partial charge in [0.2, 0.25) is 11.8 Å². The summed E-state index contributed by atoms with van der Waals surface area (Å²) in [7, 11) is 0. The standard InChI is InChI=1S/C21H22F3N3O2/c1-14(28)25-13-20(29)27-11-3-6-19(27)18-5-2-4-17(26-18)12-15-7-9-16(10-8-15)21(22,23)24/h2,4-5,7-10,19H,3,6,11-13H2,1H3,(H,25,28). The number of carbonyl (C=O) groups is 2. The summed E-state index contributed by atoms with van der Waals surface area (Å²) in [4.78, 5) is 29.8. The summed E-state index contributed by atoms with van der Waals surface area (Å²) in [5, 5.41) is 2.52. The van der Waals surface area contributed by atoms with Crippen molar-refractivity contribution >= 4 is 11.8 Å². The van der Waals surface area contributed by atoms with Gasteiger partial charge >= 0.3 is 6.18 Å². The summed E-state index contributed by atoms with van der Waals surface area (Å²) < 4.78 is 38.1. The highest BCUT2D eigenvalue weighted by atomic mass is 19.4. The molecule has 5 nitrogen and oxygen atoms in total. The van der Waals surface area contributed by atoms with Gasteiger partial charge in [-0.3, -0.25) is 14.6 Å². The first-order valence-corrected chi connectivity index (χ1v) is 9.40. The van der Waals surface area contributed by atoms with Gasteiger partial charge in [-0.2, -0.15) is 13.2 Å². The first-order chi connectivity index (χ1) is 13.7. The van der Waals surface area contributed by atoms with E-state index in [4.69, 9.17) is 0 Å². The molecule has 1 aromatic heterocycles. The van der Waals surface area contributed by atoms with Crippen LogP contribution >= 0.6 is 0 Å². The van der Waals surface area contributed by atoms with Crippen molar-refractivity contribution < 1.29 is 22.8 Å². The molecular weight excluding hydrogens is 383 g/mol. The molecule has 3 rings (SSSR count). The number of hydrogen-bond donors (Lipinski definition) is 1. The quantitative estimate of drug-likeness (QED) is 0.828. The molecule has 1 N–H and O–H groups in total. The predicted molar refractivity (Wildman–Crippen MR) is 101 cm³/mol. The van der Waals surface area contributed by atoms with Crippen LogP contribution in [0.3, 0.4) is 0 Å². The van der Waals surface area contributed by atoms with Crippen LogP contribution in [0.1, 0.15) is 48.3 Å². The van der Waals surface area contributed by atoms with E-state index in [1.165, 1.54) is 19.1 Å². The Hall–Kier alpha value is -2.90. The first kappa shape index (κ1) is 20.8. The zero-order valence-electron chi connectivity index (χ0n) is 16.0. The van der Waals surface area contributed by atoms with Gasteiger partial charge in [-0.15, -0.1) is 0 Å². The zero-order valence-corrected chi connectivity index (χ0v) is 16.0. The van der Waals surface area contributed by atoms with E-state index in [9.17, 15) is 22.8 Å². The fourth-order valence-corrected chi connectivity index (χ4v) is 3.48. The number of halogens is 3. The van der Waals surface area contributed by atoms with E-state index in [2.05, 4.69) is 10.3 Å². The largest absolute Gasteiger partial charge is 0.416 e. The van der Waals surface area contributed by atoms with Crippen molar-refractivity contribution in [2.24, 2.45) is 0 Å². The second-order valence-corrected chi connectivity index (χ2v) is 7.08. The second-order valence-electron chi connectivity index (χ2n) is 7.08. The Bertz CT molecular complexity index is 881. The molecule has 1 fully saturated rings. The van der Waals surface area contributed by atoms with Crippen LogP contribution in [0.4, 0.5) is 13.2 Å². The number of aromatic nitrogens is 1. The molecule has 1 unspecified atom stereocenters. The molecule has 1 saturated heterocycles. The Balaban J connectivity index is 1.72. The molecule has 0 spiro atoms. The summed E-state index contributed by atoms with van der Waals surface area (Å²) >= 11 is 0. The van der Waals surface area contributed by atoms with Crippen LogP contribution < -0.4 is 5.32 Å². The maximum atomic E-state index is 12.7. The van der Waals surface area contributed by atoms with Crippen LogP contribution in [0.2, 0.25) is 0 Å². The van der Waals surface area contributed by atoms with E-state index >= 15 is 0 Å². The molecule has 154 valence electrons. The SMILES string of the molecule is CC(=O)NCC(=O)N1CCCC1c1cccc(Cc2ccc(C(F)(F)F)cc2)n1. The summed E-state index contributed by atoms with van der Waals surface area (Å²) in [6.45, 7) is 1.92. The normalized spacial score (nSPS) is 16.7. The van der Waals surface area contributed by atoms with E-state index in [0.717, 1.165) is 41.9 Å². The number of nitrogens with one attached hydrogen (secondary N) is 1. The molecule has 8 heteroatoms. The Morgan fingerprint density at radius 3 is 2.55 bits per heavy atom. The van der Waals surface area contributed by atoms with Gasteiger partial charge in [0, 0.05) is 25.6 Å². The van der Waals surface area contributed by atoms with E-state index in [1.54, 1.807) is 4.90 Å². The predicted octanol–water partition coefficient (Wildman–Crippen LogP) is 3.49. The molecule has 0 saturated carbocycles. The van der Waals surface area contributed by atoms with E-state index in [0.29, 0.717) is 13.0 Å². The first-order valence-electron chi connectivity index (χ1n) is 9.40. The number of likely N-dealkylation sites (tertiary alicyclic amines) is 1. The van der Waals surface area contributed by atoms with Crippen molar-refractivity contribution in [3.63, 3.8) is 0 Å². The van der Waals surface area contributed by atoms with Crippen molar-refractivity contribution in [3.8, 4) is 0 Å². The Labute approximate surface area is 166 Å². The number of carbonyl (C=O) groups excluding carboxylic acids is 2. The van der Waals surface area contributed by atoms with Crippen LogP contribution in [-0.2, 0) is 22.2 Å². The fraction of sp³-hybridized carbons (Fsp3) is 0.381. The van der Waals surface area contributed by atoms with Crippen molar-refractivity contribution in [2.45, 2.75) is 38.4 Å². The van der Waals surface area contributed by atoms with Gasteiger partial charge in [0.15, 0.2) is 0 Å². The average Bonchev–Trinajstić information content (AvgIpc) is 3.16. The van der Waals surface area contributed by atoms with Crippen LogP contribution in [0, 0.1) is 0 Å². The monoisotopic (exact) mass is 405 g/mol. The number of nitrogens with zero attached hydrogens (tertiary/aromatic N) is 2. The van der Waals surface area contributed by atoms with Gasteiger partial charge in [-0.1, -0.05) is 18.2 Å². The summed E-state index contributed by atoms with van der Waals surface area (Å²) in [6, 6.07) is 10.4. The molecular formula is C21H22F3N3O2. The Kier molecular flexibility index (Phi) is 6.20. The highest BCUT2D eigenvalue weighted by Gasteiger charge is 2.31. The number of hydrogen-bond acceptors (Lipinski definition) is 3. The number of pyridine rings is 1. The third kappa shape index (κ3) is 5.34. The molecule has 0 radical (unpaired) electrons. The number of rotatable bonds is 5. The lowest BCUT2D eigenvalue weighted by molar-refractivity contribution is -0.137. The second kappa shape index (κ2) is 8.63. The van der Waals surface area contributed by atoms with Crippen molar-refractivity contribution in [1.29, 1.82) is 0 Å². The molecule has 0 bridgehead atoms. The molecule has 0 aliphatic carbocycles. The molecule has 1 aromatic carbocycles. The average molecular weight is 405 g/mol. The van der Waals surface area contributed by atoms with Crippen LogP contribution in [0.25, 0.3) is 0 Å². The molecule has 2 amide bonds. The summed E-state index contributed by atoms with van der Waals surface area (Å²) in [5.41, 5.74) is 1.53. The van der Waals surface area contributed by atoms with Gasteiger partial charge in [-0.25, -0.2) is 0 Å². The molecule has 1 atom stereocenters. The van der Waals surface area contributed by atoms with Crippen LogP contribution in [0.15, 0.2) is 42.5 Å². The molecule has 1 aliphatic rings. The van der Waals surface area contributed by atoms with Gasteiger partial charge in [0.05, 0.1) is 23.8 Å². The zero-order chi connectivity index (χ0) is 21.0. The Morgan fingerprint density at radius 2 is 1.90 bits per heavy atom. The van der Waals surface area contributed by atoms with Gasteiger partial charge < -0.3 is 10.2 Å². The fourth-order valence-electron chi connectivity index (χ4n) is 3.48. The molecule has 1 aliphatic heterocycles. The lowest BCUT2D eigenvalue weighted by atomic mass is 10.1. The lowest BCUT2D eigenvalue weighted by Crippen LogP contribution is -2.39. The van der Waals surface area contributed by atoms with E-state index < -0.39 is 11.7 Å². The van der Waals surface area contributed by atoms with Crippen molar-refractivity contribution in [1.82, 2.24) is 15.2 Å². The number of amides is 2. The number of alkyl halides is 3. The van der Waals surface area contributed by atoms with Gasteiger partial charge in [0.1, 0.15) is 0 Å². The summed E-state index contributed by atoms with van der Waals surface area (Å²) in [6.07, 6.45) is -2.32. The minimum atomic E-state index is -4.35. The van der Waals surface area contributed by atoms with Crippen LogP contribution in [-0.4, -0.2) is 34.8 Å². The molecule has 2 heterocycles. The topological polar surface area (TPSA) is 62.3 Å². The Morgan fingerprint density at radius 1 is 1.17 bits per heavy atom. The maximum absolute atomic E-state index is 12.7. The molecule has 29 heavy (non-hydrogen) atoms. The van der Waals surface area contributed by atoms with Crippen molar-refractivity contribution in [3.05, 3.63) is 65.0 Å². The highest BCUT2D eigenvalue weighted by molar-refractivity contribution is 5.84. The minimum Gasteiger partial charge on any atom is -0.347 e. The van der Waals surface area contributed by atoms with E-state index in [-0.39, 0.29) is 24.4 Å². The van der Waals surface area contributed by atoms with Crippen LogP contribution in [0.5, 0.6) is 0 Å². The summed E-state index contributed by atoms with van der Waals surface area (Å²) in [5.74, 6) is -0.414. The third-order valence-electron chi connectivity index (χ3n) is 4.90. The highest BCUT2D eigenvalue weighted by Crippen LogP contribution is 2.31. The van der Waals surface area contributed by atoms with Gasteiger partial charge in [-0.05, 0) is 42.7 Å². The van der Waals surface area contributed by atoms with E-state index in [1.807, 2.05) is 18.2 Å².